The highest BCUT2D eigenvalue weighted by molar-refractivity contribution is 6.01. The van der Waals surface area contributed by atoms with Crippen molar-refractivity contribution >= 4 is 27.8 Å². The molecule has 0 amide bonds. The molecule has 2 aromatic carbocycles. The van der Waals surface area contributed by atoms with E-state index in [1.165, 1.54) is 0 Å². The van der Waals surface area contributed by atoms with Crippen LogP contribution in [0.15, 0.2) is 53.3 Å². The van der Waals surface area contributed by atoms with E-state index >= 15 is 0 Å². The molecule has 1 atom stereocenters. The first kappa shape index (κ1) is 15.1. The number of carbonyl (C=O) groups excluding carboxylic acids is 1. The van der Waals surface area contributed by atoms with Crippen molar-refractivity contribution in [1.82, 2.24) is 20.2 Å². The lowest BCUT2D eigenvalue weighted by molar-refractivity contribution is 0.0315. The molecule has 0 aliphatic heterocycles. The van der Waals surface area contributed by atoms with Crippen LogP contribution in [0.25, 0.3) is 21.8 Å². The number of hydrogen-bond donors (Lipinski definition) is 2. The second-order valence-electron chi connectivity index (χ2n) is 5.63. The zero-order valence-corrected chi connectivity index (χ0v) is 13.3. The molecule has 25 heavy (non-hydrogen) atoms. The van der Waals surface area contributed by atoms with Crippen molar-refractivity contribution in [3.63, 3.8) is 0 Å². The predicted molar refractivity (Wildman–Crippen MR) is 92.3 cm³/mol. The van der Waals surface area contributed by atoms with E-state index in [0.717, 1.165) is 5.52 Å². The number of rotatable bonds is 3. The highest BCUT2D eigenvalue weighted by Crippen LogP contribution is 2.20. The lowest BCUT2D eigenvalue weighted by Gasteiger charge is -2.12. The normalized spacial score (nSPS) is 12.4. The Kier molecular flexibility index (Phi) is 3.53. The molecule has 0 aliphatic carbocycles. The first-order valence-corrected chi connectivity index (χ1v) is 7.76. The summed E-state index contributed by atoms with van der Waals surface area (Å²) >= 11 is 0. The summed E-state index contributed by atoms with van der Waals surface area (Å²) in [6, 6.07) is 14.3. The van der Waals surface area contributed by atoms with Crippen LogP contribution in [0.1, 0.15) is 29.3 Å². The average Bonchev–Trinajstić information content (AvgIpc) is 3.06. The summed E-state index contributed by atoms with van der Waals surface area (Å²) in [4.78, 5) is 31.6. The number of nitrogens with zero attached hydrogens (tertiary/aromatic N) is 2. The van der Waals surface area contributed by atoms with Gasteiger partial charge in [0.1, 0.15) is 0 Å². The molecule has 124 valence electrons. The van der Waals surface area contributed by atoms with Crippen molar-refractivity contribution in [2.45, 2.75) is 13.0 Å². The van der Waals surface area contributed by atoms with Gasteiger partial charge in [0.25, 0.3) is 5.56 Å². The lowest BCUT2D eigenvalue weighted by Crippen LogP contribution is -2.17. The Morgan fingerprint density at radius 3 is 2.64 bits per heavy atom. The van der Waals surface area contributed by atoms with E-state index in [1.807, 2.05) is 18.2 Å². The van der Waals surface area contributed by atoms with Crippen molar-refractivity contribution in [1.29, 1.82) is 0 Å². The largest absolute Gasteiger partial charge is 0.450 e. The van der Waals surface area contributed by atoms with Gasteiger partial charge in [-0.3, -0.25) is 9.89 Å². The molecule has 2 aromatic heterocycles. The Labute approximate surface area is 141 Å². The van der Waals surface area contributed by atoms with Crippen LogP contribution < -0.4 is 5.56 Å². The molecule has 4 aromatic rings. The minimum Gasteiger partial charge on any atom is -0.450 e. The molecule has 0 fully saturated rings. The number of ether oxygens (including phenoxy) is 1. The zero-order valence-electron chi connectivity index (χ0n) is 13.3. The summed E-state index contributed by atoms with van der Waals surface area (Å²) in [7, 11) is 0. The second kappa shape index (κ2) is 5.86. The highest BCUT2D eigenvalue weighted by atomic mass is 16.5. The molecule has 1 unspecified atom stereocenters. The molecule has 7 nitrogen and oxygen atoms in total. The molecule has 2 heterocycles. The number of esters is 1. The van der Waals surface area contributed by atoms with E-state index in [1.54, 1.807) is 37.3 Å². The van der Waals surface area contributed by atoms with E-state index < -0.39 is 12.1 Å². The number of benzene rings is 2. The van der Waals surface area contributed by atoms with Crippen molar-refractivity contribution in [2.24, 2.45) is 0 Å². The summed E-state index contributed by atoms with van der Waals surface area (Å²) in [6.07, 6.45) is -0.722. The molecular formula is C18H14N4O3. The zero-order chi connectivity index (χ0) is 17.4. The fraction of sp³-hybridized carbons (Fsp3) is 0.111. The molecule has 0 aliphatic rings. The average molecular weight is 334 g/mol. The van der Waals surface area contributed by atoms with E-state index in [0.29, 0.717) is 16.3 Å². The standard InChI is InChI=1S/C18H14N4O3/c1-10(16-19-13-8-4-3-7-12(13)17(23)20-16)25-18(24)15-11-6-2-5-9-14(11)21-22-15/h2-10H,1H3,(H,21,22)(H,19,20,23). The van der Waals surface area contributed by atoms with Gasteiger partial charge in [-0.1, -0.05) is 30.3 Å². The second-order valence-corrected chi connectivity index (χ2v) is 5.63. The van der Waals surface area contributed by atoms with Gasteiger partial charge in [-0.2, -0.15) is 5.10 Å². The summed E-state index contributed by atoms with van der Waals surface area (Å²) in [5.41, 5.74) is 1.23. The summed E-state index contributed by atoms with van der Waals surface area (Å²) < 4.78 is 5.44. The minimum absolute atomic E-state index is 0.200. The number of aromatic nitrogens is 4. The van der Waals surface area contributed by atoms with Gasteiger partial charge in [-0.15, -0.1) is 0 Å². The van der Waals surface area contributed by atoms with Crippen LogP contribution >= 0.6 is 0 Å². The van der Waals surface area contributed by atoms with Gasteiger partial charge in [-0.05, 0) is 25.1 Å². The fourth-order valence-electron chi connectivity index (χ4n) is 2.69. The SMILES string of the molecule is CC(OC(=O)c1n[nH]c2ccccc12)c1nc2ccccc2c(=O)[nH]1. The summed E-state index contributed by atoms with van der Waals surface area (Å²) in [5, 5.41) is 7.98. The molecule has 2 N–H and O–H groups in total. The first-order chi connectivity index (χ1) is 12.1. The maximum Gasteiger partial charge on any atom is 0.360 e. The molecule has 7 heteroatoms. The van der Waals surface area contributed by atoms with E-state index in [4.69, 9.17) is 4.74 Å². The monoisotopic (exact) mass is 334 g/mol. The summed E-state index contributed by atoms with van der Waals surface area (Å²) in [6.45, 7) is 1.65. The summed E-state index contributed by atoms with van der Waals surface area (Å²) in [5.74, 6) is -0.294. The van der Waals surface area contributed by atoms with Crippen LogP contribution in [-0.4, -0.2) is 26.1 Å². The number of nitrogens with one attached hydrogen (secondary N) is 2. The van der Waals surface area contributed by atoms with Crippen molar-refractivity contribution in [2.75, 3.05) is 0 Å². The Morgan fingerprint density at radius 1 is 1.08 bits per heavy atom. The first-order valence-electron chi connectivity index (χ1n) is 7.76. The Hall–Kier alpha value is -3.48. The van der Waals surface area contributed by atoms with Crippen LogP contribution in [0.4, 0.5) is 0 Å². The van der Waals surface area contributed by atoms with Crippen LogP contribution in [-0.2, 0) is 4.74 Å². The van der Waals surface area contributed by atoms with E-state index in [2.05, 4.69) is 20.2 Å². The Bertz CT molecular complexity index is 1150. The van der Waals surface area contributed by atoms with Gasteiger partial charge < -0.3 is 9.72 Å². The van der Waals surface area contributed by atoms with Crippen LogP contribution in [0.2, 0.25) is 0 Å². The van der Waals surface area contributed by atoms with Gasteiger partial charge in [0, 0.05) is 5.39 Å². The van der Waals surface area contributed by atoms with Gasteiger partial charge in [0.15, 0.2) is 17.6 Å². The molecule has 0 saturated heterocycles. The van der Waals surface area contributed by atoms with Gasteiger partial charge in [0.05, 0.1) is 16.4 Å². The number of hydrogen-bond acceptors (Lipinski definition) is 5. The maximum atomic E-state index is 12.4. The van der Waals surface area contributed by atoms with Crippen molar-refractivity contribution < 1.29 is 9.53 Å². The maximum absolute atomic E-state index is 12.4. The predicted octanol–water partition coefficient (Wildman–Crippen LogP) is 2.72. The quantitative estimate of drug-likeness (QED) is 0.561. The topological polar surface area (TPSA) is 101 Å². The minimum atomic E-state index is -0.722. The molecular weight excluding hydrogens is 320 g/mol. The highest BCUT2D eigenvalue weighted by Gasteiger charge is 2.20. The lowest BCUT2D eigenvalue weighted by atomic mass is 10.2. The number of H-pyrrole nitrogens is 2. The Balaban J connectivity index is 1.64. The fourth-order valence-corrected chi connectivity index (χ4v) is 2.69. The number of fused-ring (bicyclic) bond motifs is 2. The van der Waals surface area contributed by atoms with Crippen molar-refractivity contribution in [3.8, 4) is 0 Å². The van der Waals surface area contributed by atoms with Crippen molar-refractivity contribution in [3.05, 3.63) is 70.4 Å². The van der Waals surface area contributed by atoms with Crippen LogP contribution in [0.5, 0.6) is 0 Å². The number of para-hydroxylation sites is 2. The van der Waals surface area contributed by atoms with E-state index in [-0.39, 0.29) is 17.1 Å². The third kappa shape index (κ3) is 2.65. The molecule has 0 bridgehead atoms. The molecule has 0 spiro atoms. The molecule has 0 saturated carbocycles. The van der Waals surface area contributed by atoms with Crippen LogP contribution in [0.3, 0.4) is 0 Å². The van der Waals surface area contributed by atoms with Gasteiger partial charge in [0.2, 0.25) is 0 Å². The third-order valence-corrected chi connectivity index (χ3v) is 3.96. The number of aromatic amines is 2. The van der Waals surface area contributed by atoms with E-state index in [9.17, 15) is 9.59 Å². The molecule has 4 rings (SSSR count). The Morgan fingerprint density at radius 2 is 1.80 bits per heavy atom. The van der Waals surface area contributed by atoms with Gasteiger partial charge in [-0.25, -0.2) is 9.78 Å². The third-order valence-electron chi connectivity index (χ3n) is 3.96. The number of carbonyl (C=O) groups is 1. The smallest absolute Gasteiger partial charge is 0.360 e. The molecule has 0 radical (unpaired) electrons. The van der Waals surface area contributed by atoms with Gasteiger partial charge >= 0.3 is 5.97 Å². The van der Waals surface area contributed by atoms with Crippen LogP contribution in [0, 0.1) is 0 Å².